The van der Waals surface area contributed by atoms with Crippen molar-refractivity contribution in [2.24, 2.45) is 0 Å². The third kappa shape index (κ3) is 4.72. The minimum absolute atomic E-state index is 0.0993. The van der Waals surface area contributed by atoms with E-state index in [0.29, 0.717) is 25.3 Å². The number of aromatic nitrogens is 1. The van der Waals surface area contributed by atoms with Crippen LogP contribution in [0.25, 0.3) is 11.3 Å². The van der Waals surface area contributed by atoms with Crippen molar-refractivity contribution in [1.82, 2.24) is 9.29 Å². The first-order chi connectivity index (χ1) is 18.0. The lowest BCUT2D eigenvalue weighted by Gasteiger charge is -2.37. The van der Waals surface area contributed by atoms with E-state index in [1.165, 1.54) is 4.31 Å². The highest BCUT2D eigenvalue weighted by Crippen LogP contribution is 2.48. The Hall–Kier alpha value is -2.53. The van der Waals surface area contributed by atoms with Crippen LogP contribution in [0, 0.1) is 6.92 Å². The number of piperidine rings is 1. The van der Waals surface area contributed by atoms with Gasteiger partial charge in [0.05, 0.1) is 24.5 Å². The summed E-state index contributed by atoms with van der Waals surface area (Å²) in [6.45, 7) is 8.61. The summed E-state index contributed by atoms with van der Waals surface area (Å²) in [5, 5.41) is 10.1. The van der Waals surface area contributed by atoms with Crippen LogP contribution in [0.5, 0.6) is 5.88 Å². The van der Waals surface area contributed by atoms with Crippen molar-refractivity contribution in [1.29, 1.82) is 0 Å². The monoisotopic (exact) mass is 544 g/mol. The number of aliphatic carboxylic acids is 1. The zero-order valence-corrected chi connectivity index (χ0v) is 23.2. The quantitative estimate of drug-likeness (QED) is 0.554. The summed E-state index contributed by atoms with van der Waals surface area (Å²) in [5.74, 6) is -1.38. The number of benzene rings is 1. The van der Waals surface area contributed by atoms with E-state index in [1.807, 2.05) is 32.0 Å². The molecule has 9 nitrogen and oxygen atoms in total. The van der Waals surface area contributed by atoms with Crippen molar-refractivity contribution in [2.75, 3.05) is 19.7 Å². The lowest BCUT2D eigenvalue weighted by Crippen LogP contribution is -2.54. The Kier molecular flexibility index (Phi) is 7.04. The van der Waals surface area contributed by atoms with E-state index in [4.69, 9.17) is 14.2 Å². The maximum atomic E-state index is 13.7. The molecule has 1 aromatic carbocycles. The summed E-state index contributed by atoms with van der Waals surface area (Å²) in [7, 11) is -4.11. The molecule has 10 heteroatoms. The summed E-state index contributed by atoms with van der Waals surface area (Å²) in [6.07, 6.45) is -0.0372. The molecule has 1 aromatic heterocycles. The second kappa shape index (κ2) is 9.89. The van der Waals surface area contributed by atoms with Crippen LogP contribution < -0.4 is 4.74 Å². The second-order valence-corrected chi connectivity index (χ2v) is 13.2. The van der Waals surface area contributed by atoms with E-state index in [1.54, 1.807) is 13.8 Å². The van der Waals surface area contributed by atoms with Crippen molar-refractivity contribution >= 4 is 16.0 Å². The van der Waals surface area contributed by atoms with Gasteiger partial charge >= 0.3 is 5.97 Å². The smallest absolute Gasteiger partial charge is 0.326 e. The Labute approximate surface area is 224 Å². The molecule has 0 radical (unpaired) electrons. The lowest BCUT2D eigenvalue weighted by molar-refractivity contribution is -0.159. The lowest BCUT2D eigenvalue weighted by atomic mass is 9.88. The molecule has 3 aliphatic rings. The molecule has 0 bridgehead atoms. The second-order valence-electron chi connectivity index (χ2n) is 11.0. The van der Waals surface area contributed by atoms with Crippen LogP contribution in [-0.4, -0.2) is 71.2 Å². The number of aryl methyl sites for hydroxylation is 1. The van der Waals surface area contributed by atoms with E-state index in [9.17, 15) is 18.3 Å². The van der Waals surface area contributed by atoms with Crippen LogP contribution in [0.4, 0.5) is 0 Å². The number of hydrogen-bond acceptors (Lipinski definition) is 7. The zero-order chi connectivity index (χ0) is 27.3. The minimum atomic E-state index is -4.11. The fourth-order valence-electron chi connectivity index (χ4n) is 6.18. The molecule has 2 saturated heterocycles. The van der Waals surface area contributed by atoms with Crippen LogP contribution in [0.15, 0.2) is 36.4 Å². The van der Waals surface area contributed by atoms with Gasteiger partial charge in [0.1, 0.15) is 0 Å². The maximum Gasteiger partial charge on any atom is 0.326 e. The first-order valence-corrected chi connectivity index (χ1v) is 14.7. The summed E-state index contributed by atoms with van der Waals surface area (Å²) in [5.41, 5.74) is 4.11. The zero-order valence-electron chi connectivity index (χ0n) is 22.3. The average Bonchev–Trinajstić information content (AvgIpc) is 3.36. The number of hydrogen-bond donors (Lipinski definition) is 1. The molecule has 2 aliphatic heterocycles. The number of carbonyl (C=O) groups is 1. The molecule has 1 N–H and O–H groups in total. The molecule has 206 valence electrons. The molecular formula is C28H36N2O7S. The predicted octanol–water partition coefficient (Wildman–Crippen LogP) is 4.10. The molecular weight excluding hydrogens is 508 g/mol. The van der Waals surface area contributed by atoms with Crippen molar-refractivity contribution in [3.63, 3.8) is 0 Å². The topological polar surface area (TPSA) is 115 Å². The normalized spacial score (nSPS) is 27.8. The standard InChI is InChI=1S/C28H36N2O7S/c1-5-35-25-8-6-7-22(29-25)21-10-9-20(15-18(21)2)19-11-13-30(14-12-19)38(33,34)28(26(31)32)16-23-24(17-28)37-27(3,4)36-23/h6-10,15,19,23-24H,5,11-14,16-17H2,1-4H3,(H,31,32)/t23-,24+,28-. The number of rotatable bonds is 7. The number of nitrogens with zero attached hydrogens (tertiary/aromatic N) is 2. The van der Waals surface area contributed by atoms with Crippen LogP contribution in [0.3, 0.4) is 0 Å². The number of ether oxygens (including phenoxy) is 3. The fourth-order valence-corrected chi connectivity index (χ4v) is 8.34. The number of sulfonamides is 1. The summed E-state index contributed by atoms with van der Waals surface area (Å²) >= 11 is 0. The Bertz CT molecular complexity index is 1300. The van der Waals surface area contributed by atoms with Gasteiger partial charge in [-0.3, -0.25) is 4.79 Å². The fraction of sp³-hybridized carbons (Fsp3) is 0.571. The molecule has 3 atom stereocenters. The molecule has 3 heterocycles. The summed E-state index contributed by atoms with van der Waals surface area (Å²) in [4.78, 5) is 17.0. The number of carboxylic acid groups (broad SMARTS) is 1. The highest BCUT2D eigenvalue weighted by molar-refractivity contribution is 7.91. The minimum Gasteiger partial charge on any atom is -0.480 e. The van der Waals surface area contributed by atoms with Gasteiger partial charge in [0.15, 0.2) is 10.5 Å². The SMILES string of the molecule is CCOc1cccc(-c2ccc(C3CCN(S(=O)(=O)[C@@]4(C(=O)O)C[C@@H]5OC(C)(C)O[C@@H]5C4)CC3)cc2C)n1. The van der Waals surface area contributed by atoms with Crippen molar-refractivity contribution in [3.8, 4) is 17.1 Å². The van der Waals surface area contributed by atoms with Gasteiger partial charge in [-0.15, -0.1) is 0 Å². The number of fused-ring (bicyclic) bond motifs is 1. The van der Waals surface area contributed by atoms with Gasteiger partial charge in [0.25, 0.3) is 0 Å². The largest absolute Gasteiger partial charge is 0.480 e. The van der Waals surface area contributed by atoms with Crippen LogP contribution >= 0.6 is 0 Å². The molecule has 38 heavy (non-hydrogen) atoms. The van der Waals surface area contributed by atoms with E-state index in [-0.39, 0.29) is 31.8 Å². The van der Waals surface area contributed by atoms with Gasteiger partial charge in [-0.1, -0.05) is 24.3 Å². The predicted molar refractivity (Wildman–Crippen MR) is 141 cm³/mol. The average molecular weight is 545 g/mol. The number of carboxylic acids is 1. The molecule has 0 amide bonds. The van der Waals surface area contributed by atoms with E-state index < -0.39 is 38.7 Å². The molecule has 2 aromatic rings. The Morgan fingerprint density at radius 2 is 1.79 bits per heavy atom. The van der Waals surface area contributed by atoms with Gasteiger partial charge in [0, 0.05) is 37.6 Å². The van der Waals surface area contributed by atoms with Gasteiger partial charge in [-0.25, -0.2) is 17.7 Å². The first-order valence-electron chi connectivity index (χ1n) is 13.3. The van der Waals surface area contributed by atoms with E-state index in [2.05, 4.69) is 23.2 Å². The van der Waals surface area contributed by atoms with Crippen molar-refractivity contribution in [3.05, 3.63) is 47.5 Å². The van der Waals surface area contributed by atoms with Gasteiger partial charge in [-0.05, 0) is 63.6 Å². The van der Waals surface area contributed by atoms with Crippen molar-refractivity contribution < 1.29 is 32.5 Å². The van der Waals surface area contributed by atoms with Crippen LogP contribution in [0.2, 0.25) is 0 Å². The van der Waals surface area contributed by atoms with Gasteiger partial charge in [-0.2, -0.15) is 0 Å². The molecule has 3 fully saturated rings. The van der Waals surface area contributed by atoms with Gasteiger partial charge in [0.2, 0.25) is 15.9 Å². The maximum absolute atomic E-state index is 13.7. The van der Waals surface area contributed by atoms with Crippen LogP contribution in [-0.2, 0) is 24.3 Å². The highest BCUT2D eigenvalue weighted by Gasteiger charge is 2.65. The Morgan fingerprint density at radius 1 is 1.13 bits per heavy atom. The summed E-state index contributed by atoms with van der Waals surface area (Å²) < 4.78 is 44.1. The third-order valence-corrected chi connectivity index (χ3v) is 10.6. The summed E-state index contributed by atoms with van der Waals surface area (Å²) in [6, 6.07) is 12.0. The Morgan fingerprint density at radius 3 is 2.37 bits per heavy atom. The first kappa shape index (κ1) is 27.1. The molecule has 5 rings (SSSR count). The molecule has 0 unspecified atom stereocenters. The van der Waals surface area contributed by atoms with E-state index in [0.717, 1.165) is 22.4 Å². The molecule has 1 aliphatic carbocycles. The Balaban J connectivity index is 1.29. The highest BCUT2D eigenvalue weighted by atomic mass is 32.2. The molecule has 0 spiro atoms. The van der Waals surface area contributed by atoms with Crippen molar-refractivity contribution in [2.45, 2.75) is 82.0 Å². The van der Waals surface area contributed by atoms with Crippen LogP contribution in [0.1, 0.15) is 63.5 Å². The van der Waals surface area contributed by atoms with E-state index >= 15 is 0 Å². The number of pyridine rings is 1. The molecule has 1 saturated carbocycles. The third-order valence-electron chi connectivity index (χ3n) is 8.04. The van der Waals surface area contributed by atoms with Gasteiger partial charge < -0.3 is 19.3 Å².